The topological polar surface area (TPSA) is 41.1 Å². The molecular formula is C11H15IN2O. The molecule has 0 unspecified atom stereocenters. The first-order valence-corrected chi connectivity index (χ1v) is 5.98. The molecule has 0 aliphatic heterocycles. The molecule has 0 aromatic heterocycles. The maximum atomic E-state index is 11.4. The van der Waals surface area contributed by atoms with E-state index >= 15 is 0 Å². The standard InChI is InChI=1S/C11H15IN2O/c1-3-13-7-11(15)14-10-5-4-9(12)6-8(10)2/h4-6,13H,3,7H2,1-2H3,(H,14,15). The summed E-state index contributed by atoms with van der Waals surface area (Å²) in [5, 5.41) is 5.85. The van der Waals surface area contributed by atoms with E-state index in [1.807, 2.05) is 32.0 Å². The zero-order valence-electron chi connectivity index (χ0n) is 8.93. The highest BCUT2D eigenvalue weighted by Gasteiger charge is 2.03. The van der Waals surface area contributed by atoms with Gasteiger partial charge < -0.3 is 10.6 Å². The smallest absolute Gasteiger partial charge is 0.238 e. The minimum Gasteiger partial charge on any atom is -0.325 e. The summed E-state index contributed by atoms with van der Waals surface area (Å²) >= 11 is 2.25. The van der Waals surface area contributed by atoms with Crippen LogP contribution in [0.4, 0.5) is 5.69 Å². The van der Waals surface area contributed by atoms with Gasteiger partial charge in [-0.1, -0.05) is 6.92 Å². The molecule has 0 aliphatic carbocycles. The van der Waals surface area contributed by atoms with Gasteiger partial charge >= 0.3 is 0 Å². The first kappa shape index (κ1) is 12.4. The van der Waals surface area contributed by atoms with Crippen LogP contribution in [-0.4, -0.2) is 19.0 Å². The number of likely N-dealkylation sites (N-methyl/N-ethyl adjacent to an activating group) is 1. The molecule has 2 N–H and O–H groups in total. The molecule has 0 heterocycles. The van der Waals surface area contributed by atoms with Gasteiger partial charge in [0.25, 0.3) is 0 Å². The summed E-state index contributed by atoms with van der Waals surface area (Å²) in [6.45, 7) is 5.13. The number of benzene rings is 1. The van der Waals surface area contributed by atoms with E-state index in [2.05, 4.69) is 33.2 Å². The fourth-order valence-corrected chi connectivity index (χ4v) is 1.85. The molecule has 3 nitrogen and oxygen atoms in total. The third-order valence-corrected chi connectivity index (χ3v) is 2.67. The van der Waals surface area contributed by atoms with Crippen molar-refractivity contribution in [1.82, 2.24) is 5.32 Å². The molecule has 1 aromatic carbocycles. The van der Waals surface area contributed by atoms with Crippen LogP contribution in [-0.2, 0) is 4.79 Å². The van der Waals surface area contributed by atoms with E-state index < -0.39 is 0 Å². The van der Waals surface area contributed by atoms with Gasteiger partial charge in [0.2, 0.25) is 5.91 Å². The van der Waals surface area contributed by atoms with Crippen LogP contribution in [0.1, 0.15) is 12.5 Å². The molecule has 0 saturated carbocycles. The molecule has 0 radical (unpaired) electrons. The van der Waals surface area contributed by atoms with Crippen molar-refractivity contribution >= 4 is 34.2 Å². The van der Waals surface area contributed by atoms with Gasteiger partial charge in [0.05, 0.1) is 6.54 Å². The van der Waals surface area contributed by atoms with Crippen molar-refractivity contribution in [2.24, 2.45) is 0 Å². The summed E-state index contributed by atoms with van der Waals surface area (Å²) in [6.07, 6.45) is 0. The zero-order chi connectivity index (χ0) is 11.3. The molecule has 1 rings (SSSR count). The second-order valence-electron chi connectivity index (χ2n) is 3.29. The van der Waals surface area contributed by atoms with E-state index in [9.17, 15) is 4.79 Å². The highest BCUT2D eigenvalue weighted by Crippen LogP contribution is 2.17. The van der Waals surface area contributed by atoms with Crippen LogP contribution in [0.15, 0.2) is 18.2 Å². The Kier molecular flexibility index (Phi) is 5.04. The minimum atomic E-state index is 0.00107. The Hall–Kier alpha value is -0.620. The second-order valence-corrected chi connectivity index (χ2v) is 4.53. The van der Waals surface area contributed by atoms with Crippen LogP contribution >= 0.6 is 22.6 Å². The van der Waals surface area contributed by atoms with Gasteiger partial charge in [0, 0.05) is 9.26 Å². The minimum absolute atomic E-state index is 0.00107. The molecule has 15 heavy (non-hydrogen) atoms. The van der Waals surface area contributed by atoms with E-state index in [1.54, 1.807) is 0 Å². The largest absolute Gasteiger partial charge is 0.325 e. The first-order chi connectivity index (χ1) is 7.13. The molecule has 0 bridgehead atoms. The van der Waals surface area contributed by atoms with Crippen molar-refractivity contribution < 1.29 is 4.79 Å². The first-order valence-electron chi connectivity index (χ1n) is 4.90. The monoisotopic (exact) mass is 318 g/mol. The Morgan fingerprint density at radius 2 is 2.20 bits per heavy atom. The number of halogens is 1. The molecule has 0 spiro atoms. The number of nitrogens with one attached hydrogen (secondary N) is 2. The van der Waals surface area contributed by atoms with E-state index in [1.165, 1.54) is 3.57 Å². The van der Waals surface area contributed by atoms with Gasteiger partial charge in [0.15, 0.2) is 0 Å². The molecule has 0 atom stereocenters. The van der Waals surface area contributed by atoms with Gasteiger partial charge in [-0.05, 0) is 59.8 Å². The third kappa shape index (κ3) is 4.17. The Morgan fingerprint density at radius 3 is 2.80 bits per heavy atom. The third-order valence-electron chi connectivity index (χ3n) is 2.00. The summed E-state index contributed by atoms with van der Waals surface area (Å²) in [4.78, 5) is 11.4. The number of carbonyl (C=O) groups is 1. The van der Waals surface area contributed by atoms with E-state index in [-0.39, 0.29) is 5.91 Å². The lowest BCUT2D eigenvalue weighted by Gasteiger charge is -2.08. The molecule has 1 aromatic rings. The molecule has 1 amide bonds. The second kappa shape index (κ2) is 6.07. The lowest BCUT2D eigenvalue weighted by molar-refractivity contribution is -0.115. The van der Waals surface area contributed by atoms with Crippen molar-refractivity contribution in [1.29, 1.82) is 0 Å². The molecule has 82 valence electrons. The SMILES string of the molecule is CCNCC(=O)Nc1ccc(I)cc1C. The maximum absolute atomic E-state index is 11.4. The number of aryl methyl sites for hydroxylation is 1. The van der Waals surface area contributed by atoms with Crippen LogP contribution in [0, 0.1) is 10.5 Å². The zero-order valence-corrected chi connectivity index (χ0v) is 11.1. The van der Waals surface area contributed by atoms with Crippen LogP contribution in [0.2, 0.25) is 0 Å². The fraction of sp³-hybridized carbons (Fsp3) is 0.364. The summed E-state index contributed by atoms with van der Waals surface area (Å²) in [6, 6.07) is 5.96. The maximum Gasteiger partial charge on any atom is 0.238 e. The van der Waals surface area contributed by atoms with Crippen molar-refractivity contribution in [3.63, 3.8) is 0 Å². The molecular weight excluding hydrogens is 303 g/mol. The summed E-state index contributed by atoms with van der Waals surface area (Å²) in [5.41, 5.74) is 1.98. The fourth-order valence-electron chi connectivity index (χ4n) is 1.20. The van der Waals surface area contributed by atoms with Gasteiger partial charge in [-0.3, -0.25) is 4.79 Å². The average molecular weight is 318 g/mol. The Morgan fingerprint density at radius 1 is 1.47 bits per heavy atom. The normalized spacial score (nSPS) is 10.1. The highest BCUT2D eigenvalue weighted by atomic mass is 127. The van der Waals surface area contributed by atoms with Crippen LogP contribution in [0.5, 0.6) is 0 Å². The summed E-state index contributed by atoms with van der Waals surface area (Å²) in [7, 11) is 0. The van der Waals surface area contributed by atoms with E-state index in [4.69, 9.17) is 0 Å². The molecule has 4 heteroatoms. The molecule has 0 fully saturated rings. The number of amides is 1. The van der Waals surface area contributed by atoms with Crippen LogP contribution in [0.25, 0.3) is 0 Å². The summed E-state index contributed by atoms with van der Waals surface area (Å²) in [5.74, 6) is 0.00107. The lowest BCUT2D eigenvalue weighted by Crippen LogP contribution is -2.27. The number of carbonyl (C=O) groups excluding carboxylic acids is 1. The highest BCUT2D eigenvalue weighted by molar-refractivity contribution is 14.1. The predicted octanol–water partition coefficient (Wildman–Crippen LogP) is 2.15. The van der Waals surface area contributed by atoms with Gasteiger partial charge in [-0.15, -0.1) is 0 Å². The number of hydrogen-bond acceptors (Lipinski definition) is 2. The Bertz CT molecular complexity index is 352. The summed E-state index contributed by atoms with van der Waals surface area (Å²) < 4.78 is 1.18. The van der Waals surface area contributed by atoms with Crippen molar-refractivity contribution in [3.05, 3.63) is 27.3 Å². The van der Waals surface area contributed by atoms with Gasteiger partial charge in [-0.2, -0.15) is 0 Å². The predicted molar refractivity (Wildman–Crippen MR) is 71.1 cm³/mol. The van der Waals surface area contributed by atoms with E-state index in [0.717, 1.165) is 17.8 Å². The van der Waals surface area contributed by atoms with Crippen molar-refractivity contribution in [2.45, 2.75) is 13.8 Å². The average Bonchev–Trinajstić information content (AvgIpc) is 2.19. The lowest BCUT2D eigenvalue weighted by atomic mass is 10.2. The van der Waals surface area contributed by atoms with Gasteiger partial charge in [0.1, 0.15) is 0 Å². The Labute approximate surface area is 104 Å². The number of hydrogen-bond donors (Lipinski definition) is 2. The Balaban J connectivity index is 2.60. The van der Waals surface area contributed by atoms with E-state index in [0.29, 0.717) is 6.54 Å². The van der Waals surface area contributed by atoms with Crippen molar-refractivity contribution in [3.8, 4) is 0 Å². The number of rotatable bonds is 4. The molecule has 0 saturated heterocycles. The van der Waals surface area contributed by atoms with Crippen LogP contribution in [0.3, 0.4) is 0 Å². The van der Waals surface area contributed by atoms with Crippen molar-refractivity contribution in [2.75, 3.05) is 18.4 Å². The number of anilines is 1. The van der Waals surface area contributed by atoms with Gasteiger partial charge in [-0.25, -0.2) is 0 Å². The molecule has 0 aliphatic rings. The van der Waals surface area contributed by atoms with Crippen LogP contribution < -0.4 is 10.6 Å². The quantitative estimate of drug-likeness (QED) is 0.835.